The second-order valence-electron chi connectivity index (χ2n) is 9.02. The molecule has 3 amide bonds. The lowest BCUT2D eigenvalue weighted by atomic mass is 9.90. The molecule has 1 aliphatic heterocycles. The van der Waals surface area contributed by atoms with Crippen LogP contribution in [-0.4, -0.2) is 45.0 Å². The Labute approximate surface area is 203 Å². The number of nitrogens with zero attached hydrogens (tertiary/aromatic N) is 2. The number of nitriles is 1. The Balaban J connectivity index is 2.39. The van der Waals surface area contributed by atoms with Crippen molar-refractivity contribution in [1.82, 2.24) is 15.2 Å². The van der Waals surface area contributed by atoms with E-state index in [9.17, 15) is 29.5 Å². The Morgan fingerprint density at radius 2 is 2.12 bits per heavy atom. The molecule has 1 aromatic heterocycles. The van der Waals surface area contributed by atoms with Gasteiger partial charge in [0, 0.05) is 30.1 Å². The third-order valence-corrected chi connectivity index (χ3v) is 6.53. The van der Waals surface area contributed by atoms with Gasteiger partial charge in [-0.25, -0.2) is 0 Å². The van der Waals surface area contributed by atoms with Crippen LogP contribution in [0.4, 0.5) is 0 Å². The lowest BCUT2D eigenvalue weighted by Gasteiger charge is -2.28. The minimum Gasteiger partial charge on any atom is -0.367 e. The first-order valence-corrected chi connectivity index (χ1v) is 11.7. The highest BCUT2D eigenvalue weighted by atomic mass is 35.5. The fourth-order valence-corrected chi connectivity index (χ4v) is 4.54. The molecule has 10 nitrogen and oxygen atoms in total. The van der Waals surface area contributed by atoms with Gasteiger partial charge in [-0.3, -0.25) is 19.2 Å². The van der Waals surface area contributed by atoms with E-state index in [-0.39, 0.29) is 42.6 Å². The van der Waals surface area contributed by atoms with Gasteiger partial charge in [-0.2, -0.15) is 5.26 Å². The fraction of sp³-hybridized carbons (Fsp3) is 0.609. The number of nitrogens with two attached hydrogens (primary N) is 1. The number of carbonyl (C=O) groups excluding carboxylic acids is 3. The number of alkyl halides is 1. The molecule has 0 spiro atoms. The molecular weight excluding hydrogens is 462 g/mol. The maximum absolute atomic E-state index is 13.4. The molecule has 1 fully saturated rings. The standard InChI is InChI=1S/C23H32ClN5O5/c1-4-17(23(24,34)22(26)33)16-6-5-9-29(21(16)32)18(10-13(2)3)20(31)28-15(12-25)11-14-7-8-27-19(14)30/h5-6,9,13-15,17-18,34H,4,7-8,10-11H2,1-3H3,(H2,26,33)(H,27,30)(H,28,31)/t14?,15-,17?,18?,23?/m0/s1. The molecule has 0 bridgehead atoms. The van der Waals surface area contributed by atoms with Crippen LogP contribution in [0.15, 0.2) is 23.1 Å². The minimum absolute atomic E-state index is 0.0185. The molecule has 5 N–H and O–H groups in total. The number of amides is 3. The van der Waals surface area contributed by atoms with Crippen molar-refractivity contribution < 1.29 is 19.5 Å². The average Bonchev–Trinajstić information content (AvgIpc) is 3.17. The molecule has 1 saturated heterocycles. The number of pyridine rings is 1. The predicted molar refractivity (Wildman–Crippen MR) is 126 cm³/mol. The van der Waals surface area contributed by atoms with Crippen molar-refractivity contribution in [3.63, 3.8) is 0 Å². The van der Waals surface area contributed by atoms with E-state index in [4.69, 9.17) is 17.3 Å². The topological polar surface area (TPSA) is 167 Å². The van der Waals surface area contributed by atoms with Gasteiger partial charge in [0.25, 0.3) is 11.5 Å². The number of nitrogens with one attached hydrogen (secondary N) is 2. The van der Waals surface area contributed by atoms with E-state index < -0.39 is 40.4 Å². The summed E-state index contributed by atoms with van der Waals surface area (Å²) in [7, 11) is 0. The number of halogens is 1. The van der Waals surface area contributed by atoms with Gasteiger partial charge in [0.1, 0.15) is 12.1 Å². The van der Waals surface area contributed by atoms with Crippen molar-refractivity contribution in [1.29, 1.82) is 5.26 Å². The lowest BCUT2D eigenvalue weighted by Crippen LogP contribution is -2.47. The van der Waals surface area contributed by atoms with Crippen molar-refractivity contribution in [3.8, 4) is 6.07 Å². The number of carbonyl (C=O) groups is 3. The summed E-state index contributed by atoms with van der Waals surface area (Å²) >= 11 is 5.99. The highest BCUT2D eigenvalue weighted by Gasteiger charge is 2.42. The molecule has 11 heteroatoms. The summed E-state index contributed by atoms with van der Waals surface area (Å²) < 4.78 is 1.22. The summed E-state index contributed by atoms with van der Waals surface area (Å²) in [6.07, 6.45) is 2.63. The zero-order chi connectivity index (χ0) is 25.6. The second-order valence-corrected chi connectivity index (χ2v) is 9.60. The molecule has 4 unspecified atom stereocenters. The van der Waals surface area contributed by atoms with Gasteiger partial charge in [0.2, 0.25) is 16.9 Å². The molecule has 5 atom stereocenters. The molecule has 1 aromatic rings. The van der Waals surface area contributed by atoms with Crippen LogP contribution in [0.2, 0.25) is 0 Å². The predicted octanol–water partition coefficient (Wildman–Crippen LogP) is 0.876. The van der Waals surface area contributed by atoms with Crippen molar-refractivity contribution in [3.05, 3.63) is 34.2 Å². The van der Waals surface area contributed by atoms with Crippen molar-refractivity contribution in [2.75, 3.05) is 6.54 Å². The largest absolute Gasteiger partial charge is 0.367 e. The number of hydrogen-bond donors (Lipinski definition) is 4. The van der Waals surface area contributed by atoms with E-state index >= 15 is 0 Å². The maximum Gasteiger partial charge on any atom is 0.265 e. The SMILES string of the molecule is CCC(c1cccn(C(CC(C)C)C(=O)N[C@H](C#N)CC2CCNC2=O)c1=O)C(O)(Cl)C(N)=O. The first kappa shape index (κ1) is 27.3. The number of primary amides is 1. The van der Waals surface area contributed by atoms with Crippen LogP contribution >= 0.6 is 11.6 Å². The van der Waals surface area contributed by atoms with E-state index in [0.29, 0.717) is 13.0 Å². The molecule has 2 heterocycles. The Hall–Kier alpha value is -2.90. The molecule has 0 aromatic carbocycles. The van der Waals surface area contributed by atoms with Gasteiger partial charge in [0.05, 0.1) is 6.07 Å². The molecule has 186 valence electrons. The number of aliphatic hydroxyl groups is 1. The van der Waals surface area contributed by atoms with Crippen molar-refractivity contribution >= 4 is 29.3 Å². The molecule has 34 heavy (non-hydrogen) atoms. The third kappa shape index (κ3) is 6.15. The molecule has 2 rings (SSSR count). The van der Waals surface area contributed by atoms with Crippen LogP contribution < -0.4 is 21.9 Å². The van der Waals surface area contributed by atoms with Crippen LogP contribution in [0.3, 0.4) is 0 Å². The van der Waals surface area contributed by atoms with Gasteiger partial charge in [-0.15, -0.1) is 0 Å². The van der Waals surface area contributed by atoms with Gasteiger partial charge in [-0.05, 0) is 37.7 Å². The summed E-state index contributed by atoms with van der Waals surface area (Å²) in [6.45, 7) is 5.95. The molecule has 0 saturated carbocycles. The third-order valence-electron chi connectivity index (χ3n) is 6.08. The summed E-state index contributed by atoms with van der Waals surface area (Å²) in [5.41, 5.74) is 4.69. The zero-order valence-electron chi connectivity index (χ0n) is 19.6. The monoisotopic (exact) mass is 493 g/mol. The average molecular weight is 494 g/mol. The maximum atomic E-state index is 13.4. The molecule has 1 aliphatic rings. The number of aromatic nitrogens is 1. The molecule has 0 aliphatic carbocycles. The highest BCUT2D eigenvalue weighted by Crippen LogP contribution is 2.33. The number of rotatable bonds is 11. The Kier molecular flexibility index (Phi) is 9.24. The fourth-order valence-electron chi connectivity index (χ4n) is 4.27. The summed E-state index contributed by atoms with van der Waals surface area (Å²) in [6, 6.07) is 3.12. The first-order valence-electron chi connectivity index (χ1n) is 11.3. The van der Waals surface area contributed by atoms with Crippen molar-refractivity contribution in [2.24, 2.45) is 17.6 Å². The molecular formula is C23H32ClN5O5. The Morgan fingerprint density at radius 1 is 1.44 bits per heavy atom. The van der Waals surface area contributed by atoms with Gasteiger partial charge in [0.15, 0.2) is 0 Å². The lowest BCUT2D eigenvalue weighted by molar-refractivity contribution is -0.130. The Bertz CT molecular complexity index is 1020. The summed E-state index contributed by atoms with van der Waals surface area (Å²) in [4.78, 5) is 50.2. The van der Waals surface area contributed by atoms with E-state index in [1.54, 1.807) is 6.92 Å². The van der Waals surface area contributed by atoms with Crippen LogP contribution in [0.5, 0.6) is 0 Å². The van der Waals surface area contributed by atoms with E-state index in [0.717, 1.165) is 0 Å². The number of hydrogen-bond acceptors (Lipinski definition) is 6. The van der Waals surface area contributed by atoms with Crippen molar-refractivity contribution in [2.45, 2.75) is 69.5 Å². The summed E-state index contributed by atoms with van der Waals surface area (Å²) in [5, 5.41) is 22.9. The van der Waals surface area contributed by atoms with E-state index in [1.165, 1.54) is 22.9 Å². The minimum atomic E-state index is -2.48. The summed E-state index contributed by atoms with van der Waals surface area (Å²) in [5.74, 6) is -3.31. The normalized spacial score (nSPS) is 20.0. The Morgan fingerprint density at radius 3 is 2.62 bits per heavy atom. The van der Waals surface area contributed by atoms with Gasteiger partial charge in [-0.1, -0.05) is 38.4 Å². The quantitative estimate of drug-likeness (QED) is 0.333. The zero-order valence-corrected chi connectivity index (χ0v) is 20.3. The first-order chi connectivity index (χ1) is 15.9. The van der Waals surface area contributed by atoms with Crippen LogP contribution in [0.1, 0.15) is 64.0 Å². The van der Waals surface area contributed by atoms with E-state index in [2.05, 4.69) is 10.6 Å². The molecule has 0 radical (unpaired) electrons. The van der Waals surface area contributed by atoms with Gasteiger partial charge >= 0.3 is 0 Å². The van der Waals surface area contributed by atoms with Crippen LogP contribution in [0.25, 0.3) is 0 Å². The van der Waals surface area contributed by atoms with Crippen LogP contribution in [0, 0.1) is 23.2 Å². The second kappa shape index (κ2) is 11.5. The smallest absolute Gasteiger partial charge is 0.265 e. The van der Waals surface area contributed by atoms with E-state index in [1.807, 2.05) is 19.9 Å². The van der Waals surface area contributed by atoms with Crippen LogP contribution in [-0.2, 0) is 14.4 Å². The van der Waals surface area contributed by atoms with Gasteiger partial charge < -0.3 is 26.0 Å². The highest BCUT2D eigenvalue weighted by molar-refractivity contribution is 6.33.